The molecule has 0 saturated carbocycles. The van der Waals surface area contributed by atoms with Gasteiger partial charge >= 0.3 is 0 Å². The van der Waals surface area contributed by atoms with E-state index in [9.17, 15) is 5.11 Å². The summed E-state index contributed by atoms with van der Waals surface area (Å²) in [5.41, 5.74) is 5.38. The molecule has 1 N–H and O–H groups in total. The fourth-order valence-corrected chi connectivity index (χ4v) is 3.84. The molecule has 3 aromatic rings. The summed E-state index contributed by atoms with van der Waals surface area (Å²) >= 11 is 0. The molecule has 3 aromatic carbocycles. The van der Waals surface area contributed by atoms with Crippen molar-refractivity contribution in [2.24, 2.45) is 0 Å². The van der Waals surface area contributed by atoms with Crippen molar-refractivity contribution in [2.45, 2.75) is 26.6 Å². The van der Waals surface area contributed by atoms with Crippen LogP contribution in [0.15, 0.2) is 48.5 Å². The van der Waals surface area contributed by atoms with Crippen LogP contribution in [0.1, 0.15) is 33.9 Å². The van der Waals surface area contributed by atoms with Crippen LogP contribution in [0.25, 0.3) is 0 Å². The summed E-state index contributed by atoms with van der Waals surface area (Å²) < 4.78 is 18.2. The van der Waals surface area contributed by atoms with Gasteiger partial charge in [0.2, 0.25) is 0 Å². The number of hydrogen-bond donors (Lipinski definition) is 1. The average Bonchev–Trinajstić information content (AvgIpc) is 2.99. The summed E-state index contributed by atoms with van der Waals surface area (Å²) in [6.45, 7) is 4.56. The normalized spacial score (nSPS) is 16.6. The maximum absolute atomic E-state index is 9.78. The number of benzene rings is 3. The van der Waals surface area contributed by atoms with Crippen molar-refractivity contribution in [3.63, 3.8) is 0 Å². The third-order valence-electron chi connectivity index (χ3n) is 4.90. The minimum Gasteiger partial charge on any atom is -0.508 e. The number of aromatic hydroxyl groups is 1. The highest BCUT2D eigenvalue weighted by molar-refractivity contribution is 5.60. The monoisotopic (exact) mass is 346 g/mol. The van der Waals surface area contributed by atoms with Crippen LogP contribution in [-0.4, -0.2) is 5.11 Å². The Kier molecular flexibility index (Phi) is 3.24. The fourth-order valence-electron chi connectivity index (χ4n) is 3.84. The Labute approximate surface area is 151 Å². The van der Waals surface area contributed by atoms with E-state index >= 15 is 0 Å². The molecule has 26 heavy (non-hydrogen) atoms. The summed E-state index contributed by atoms with van der Waals surface area (Å²) in [5.74, 6) is 3.06. The molecular weight excluding hydrogens is 328 g/mol. The Morgan fingerprint density at radius 1 is 0.962 bits per heavy atom. The standard InChI is InChI=1S/C22H18O4/c1-12-6-15(23)9-16(7-12)25-17-8-13(2)20-19(10-17)26-18-5-3-4-14-11-24-22(20)21(14)18/h3-10,22-23H,11H2,1-2H3/t22-/m0/s1. The lowest BCUT2D eigenvalue weighted by Crippen LogP contribution is -2.10. The topological polar surface area (TPSA) is 47.9 Å². The van der Waals surface area contributed by atoms with Crippen molar-refractivity contribution in [1.29, 1.82) is 0 Å². The molecule has 0 aromatic heterocycles. The van der Waals surface area contributed by atoms with E-state index in [0.29, 0.717) is 18.1 Å². The van der Waals surface area contributed by atoms with Gasteiger partial charge in [-0.05, 0) is 54.8 Å². The van der Waals surface area contributed by atoms with E-state index in [2.05, 4.69) is 6.07 Å². The van der Waals surface area contributed by atoms with Gasteiger partial charge in [0.05, 0.1) is 6.61 Å². The Morgan fingerprint density at radius 2 is 1.81 bits per heavy atom. The molecule has 130 valence electrons. The molecule has 5 rings (SSSR count). The highest BCUT2D eigenvalue weighted by atomic mass is 16.5. The van der Waals surface area contributed by atoms with E-state index in [1.165, 1.54) is 5.56 Å². The molecule has 4 heteroatoms. The second-order valence-electron chi connectivity index (χ2n) is 6.88. The summed E-state index contributed by atoms with van der Waals surface area (Å²) in [6, 6.07) is 15.1. The van der Waals surface area contributed by atoms with E-state index in [-0.39, 0.29) is 11.9 Å². The van der Waals surface area contributed by atoms with E-state index in [1.807, 2.05) is 44.2 Å². The second kappa shape index (κ2) is 5.51. The first-order valence-corrected chi connectivity index (χ1v) is 8.63. The van der Waals surface area contributed by atoms with Crippen LogP contribution < -0.4 is 9.47 Å². The van der Waals surface area contributed by atoms with Crippen LogP contribution in [0.4, 0.5) is 0 Å². The quantitative estimate of drug-likeness (QED) is 0.663. The lowest BCUT2D eigenvalue weighted by atomic mass is 9.92. The highest BCUT2D eigenvalue weighted by Crippen LogP contribution is 2.52. The number of ether oxygens (including phenoxy) is 3. The van der Waals surface area contributed by atoms with Crippen LogP contribution in [0, 0.1) is 13.8 Å². The van der Waals surface area contributed by atoms with Crippen LogP contribution in [-0.2, 0) is 11.3 Å². The van der Waals surface area contributed by atoms with E-state index < -0.39 is 0 Å². The minimum atomic E-state index is -0.0815. The molecule has 0 spiro atoms. The van der Waals surface area contributed by atoms with E-state index in [0.717, 1.165) is 33.8 Å². The van der Waals surface area contributed by atoms with Crippen LogP contribution in [0.2, 0.25) is 0 Å². The molecule has 2 aliphatic heterocycles. The third kappa shape index (κ3) is 2.34. The molecule has 2 aliphatic rings. The van der Waals surface area contributed by atoms with Gasteiger partial charge in [0, 0.05) is 23.3 Å². The number of hydrogen-bond acceptors (Lipinski definition) is 4. The van der Waals surface area contributed by atoms with Crippen LogP contribution in [0.3, 0.4) is 0 Å². The van der Waals surface area contributed by atoms with Gasteiger partial charge in [-0.2, -0.15) is 0 Å². The van der Waals surface area contributed by atoms with Gasteiger partial charge in [0.25, 0.3) is 0 Å². The summed E-state index contributed by atoms with van der Waals surface area (Å²) in [5, 5.41) is 9.78. The molecular formula is C22H18O4. The Hall–Kier alpha value is -2.98. The van der Waals surface area contributed by atoms with E-state index in [4.69, 9.17) is 14.2 Å². The molecule has 0 unspecified atom stereocenters. The number of phenols is 1. The van der Waals surface area contributed by atoms with Gasteiger partial charge in [-0.15, -0.1) is 0 Å². The van der Waals surface area contributed by atoms with Crippen LogP contribution in [0.5, 0.6) is 28.7 Å². The highest BCUT2D eigenvalue weighted by Gasteiger charge is 2.36. The van der Waals surface area contributed by atoms with Crippen molar-refractivity contribution < 1.29 is 19.3 Å². The summed E-state index contributed by atoms with van der Waals surface area (Å²) in [6.07, 6.45) is -0.0815. The summed E-state index contributed by atoms with van der Waals surface area (Å²) in [4.78, 5) is 0. The number of rotatable bonds is 2. The first kappa shape index (κ1) is 15.3. The third-order valence-corrected chi connectivity index (χ3v) is 4.90. The van der Waals surface area contributed by atoms with Crippen LogP contribution >= 0.6 is 0 Å². The maximum atomic E-state index is 9.78. The van der Waals surface area contributed by atoms with E-state index in [1.54, 1.807) is 12.1 Å². The Balaban J connectivity index is 1.56. The lowest BCUT2D eigenvalue weighted by Gasteiger charge is -2.26. The van der Waals surface area contributed by atoms with Crippen molar-refractivity contribution in [2.75, 3.05) is 0 Å². The molecule has 0 saturated heterocycles. The minimum absolute atomic E-state index is 0.0815. The molecule has 1 atom stereocenters. The lowest BCUT2D eigenvalue weighted by molar-refractivity contribution is 0.0878. The largest absolute Gasteiger partial charge is 0.508 e. The van der Waals surface area contributed by atoms with Gasteiger partial charge in [0.15, 0.2) is 0 Å². The first-order chi connectivity index (χ1) is 12.6. The van der Waals surface area contributed by atoms with Gasteiger partial charge in [-0.3, -0.25) is 0 Å². The zero-order chi connectivity index (χ0) is 17.8. The predicted octanol–water partition coefficient (Wildman–Crippen LogP) is 5.53. The van der Waals surface area contributed by atoms with Gasteiger partial charge in [-0.25, -0.2) is 0 Å². The molecule has 0 bridgehead atoms. The Morgan fingerprint density at radius 3 is 2.65 bits per heavy atom. The molecule has 2 heterocycles. The fraction of sp³-hybridized carbons (Fsp3) is 0.182. The molecule has 0 amide bonds. The zero-order valence-corrected chi connectivity index (χ0v) is 14.6. The van der Waals surface area contributed by atoms with Gasteiger partial charge in [0.1, 0.15) is 34.9 Å². The predicted molar refractivity (Wildman–Crippen MR) is 97.2 cm³/mol. The van der Waals surface area contributed by atoms with Crippen molar-refractivity contribution in [1.82, 2.24) is 0 Å². The number of fused-ring (bicyclic) bond motifs is 2. The maximum Gasteiger partial charge on any atom is 0.137 e. The molecule has 0 aliphatic carbocycles. The van der Waals surface area contributed by atoms with Gasteiger partial charge in [-0.1, -0.05) is 12.1 Å². The number of aryl methyl sites for hydroxylation is 2. The van der Waals surface area contributed by atoms with Crippen molar-refractivity contribution in [3.8, 4) is 28.7 Å². The molecule has 4 nitrogen and oxygen atoms in total. The van der Waals surface area contributed by atoms with Crippen molar-refractivity contribution >= 4 is 0 Å². The average molecular weight is 346 g/mol. The van der Waals surface area contributed by atoms with Gasteiger partial charge < -0.3 is 19.3 Å². The van der Waals surface area contributed by atoms with Crippen molar-refractivity contribution in [3.05, 3.63) is 76.3 Å². The summed E-state index contributed by atoms with van der Waals surface area (Å²) in [7, 11) is 0. The molecule has 0 radical (unpaired) electrons. The first-order valence-electron chi connectivity index (χ1n) is 8.63. The Bertz CT molecular complexity index is 1020. The SMILES string of the molecule is Cc1cc(O)cc(Oc2cc(C)c3c(c2)Oc2cccc4c2[C@H]3OC4)c1. The number of phenolic OH excluding ortho intramolecular Hbond substituents is 1. The molecule has 0 fully saturated rings. The second-order valence-corrected chi connectivity index (χ2v) is 6.88. The smallest absolute Gasteiger partial charge is 0.137 e. The zero-order valence-electron chi connectivity index (χ0n) is 14.6.